The van der Waals surface area contributed by atoms with Crippen LogP contribution in [0.4, 0.5) is 0 Å². The number of nitrogens with one attached hydrogen (secondary N) is 1. The molecule has 1 aliphatic rings. The van der Waals surface area contributed by atoms with E-state index in [4.69, 9.17) is 16.3 Å². The van der Waals surface area contributed by atoms with Gasteiger partial charge in [0.2, 0.25) is 0 Å². The molecular weight excluding hydrogens is 247 g/mol. The Balaban J connectivity index is 0.00000128. The van der Waals surface area contributed by atoms with Crippen molar-refractivity contribution in [3.05, 3.63) is 23.0 Å². The van der Waals surface area contributed by atoms with E-state index in [0.29, 0.717) is 17.8 Å². The highest BCUT2D eigenvalue weighted by Crippen LogP contribution is 2.18. The van der Waals surface area contributed by atoms with Crippen LogP contribution in [0.5, 0.6) is 5.75 Å². The highest BCUT2D eigenvalue weighted by atomic mass is 35.5. The molecule has 1 aromatic heterocycles. The van der Waals surface area contributed by atoms with E-state index < -0.39 is 0 Å². The standard InChI is InChI=1S/C11H15ClN2O.ClH/c1-8-5-10(6-14-11(8)12)15-7-9-3-2-4-13-9;/h5-6,9,13H,2-4,7H2,1H3;1H/t9-;/m0./s1. The molecule has 1 N–H and O–H groups in total. The molecule has 2 heterocycles. The maximum absolute atomic E-state index is 5.83. The fraction of sp³-hybridized carbons (Fsp3) is 0.545. The molecule has 1 aromatic rings. The largest absolute Gasteiger partial charge is 0.490 e. The smallest absolute Gasteiger partial charge is 0.138 e. The van der Waals surface area contributed by atoms with Gasteiger partial charge in [0.1, 0.15) is 17.5 Å². The minimum absolute atomic E-state index is 0. The maximum atomic E-state index is 5.83. The highest BCUT2D eigenvalue weighted by molar-refractivity contribution is 6.30. The Morgan fingerprint density at radius 1 is 1.62 bits per heavy atom. The molecule has 0 aromatic carbocycles. The van der Waals surface area contributed by atoms with Crippen molar-refractivity contribution in [3.63, 3.8) is 0 Å². The third kappa shape index (κ3) is 3.51. The van der Waals surface area contributed by atoms with Crippen LogP contribution in [0.3, 0.4) is 0 Å². The number of hydrogen-bond donors (Lipinski definition) is 1. The summed E-state index contributed by atoms with van der Waals surface area (Å²) in [7, 11) is 0. The van der Waals surface area contributed by atoms with Crippen molar-refractivity contribution in [2.75, 3.05) is 13.2 Å². The van der Waals surface area contributed by atoms with Crippen LogP contribution in [0, 0.1) is 6.92 Å². The first-order valence-corrected chi connectivity index (χ1v) is 5.62. The minimum Gasteiger partial charge on any atom is -0.490 e. The van der Waals surface area contributed by atoms with Crippen LogP contribution in [0.25, 0.3) is 0 Å². The summed E-state index contributed by atoms with van der Waals surface area (Å²) in [5.74, 6) is 0.797. The van der Waals surface area contributed by atoms with Crippen LogP contribution in [0.2, 0.25) is 5.15 Å². The van der Waals surface area contributed by atoms with E-state index in [1.165, 1.54) is 12.8 Å². The van der Waals surface area contributed by atoms with Gasteiger partial charge in [0.05, 0.1) is 6.20 Å². The molecule has 1 fully saturated rings. The van der Waals surface area contributed by atoms with E-state index in [9.17, 15) is 0 Å². The molecule has 0 unspecified atom stereocenters. The third-order valence-electron chi connectivity index (χ3n) is 2.60. The first kappa shape index (κ1) is 13.6. The predicted octanol–water partition coefficient (Wildman–Crippen LogP) is 2.60. The number of aryl methyl sites for hydroxylation is 1. The molecular formula is C11H16Cl2N2O. The number of rotatable bonds is 3. The van der Waals surface area contributed by atoms with Gasteiger partial charge in [0, 0.05) is 6.04 Å². The number of hydrogen-bond acceptors (Lipinski definition) is 3. The van der Waals surface area contributed by atoms with Gasteiger partial charge in [-0.1, -0.05) is 11.6 Å². The maximum Gasteiger partial charge on any atom is 0.138 e. The summed E-state index contributed by atoms with van der Waals surface area (Å²) >= 11 is 5.83. The Kier molecular flexibility index (Phi) is 5.32. The van der Waals surface area contributed by atoms with E-state index in [1.54, 1.807) is 6.20 Å². The number of ether oxygens (including phenoxy) is 1. The van der Waals surface area contributed by atoms with Gasteiger partial charge < -0.3 is 10.1 Å². The van der Waals surface area contributed by atoms with Crippen molar-refractivity contribution >= 4 is 24.0 Å². The minimum atomic E-state index is 0. The SMILES string of the molecule is Cc1cc(OC[C@@H]2CCCN2)cnc1Cl.Cl. The Hall–Kier alpha value is -0.510. The van der Waals surface area contributed by atoms with Gasteiger partial charge in [-0.15, -0.1) is 12.4 Å². The Bertz CT molecular complexity index is 341. The van der Waals surface area contributed by atoms with Crippen molar-refractivity contribution in [1.82, 2.24) is 10.3 Å². The molecule has 0 radical (unpaired) electrons. The second-order valence-electron chi connectivity index (χ2n) is 3.88. The Labute approximate surface area is 107 Å². The molecule has 3 nitrogen and oxygen atoms in total. The van der Waals surface area contributed by atoms with Crippen molar-refractivity contribution < 1.29 is 4.74 Å². The van der Waals surface area contributed by atoms with Crippen LogP contribution < -0.4 is 10.1 Å². The van der Waals surface area contributed by atoms with Gasteiger partial charge in [-0.3, -0.25) is 0 Å². The van der Waals surface area contributed by atoms with Crippen LogP contribution in [-0.4, -0.2) is 24.2 Å². The molecule has 1 aliphatic heterocycles. The average molecular weight is 263 g/mol. The quantitative estimate of drug-likeness (QED) is 0.851. The number of nitrogens with zero attached hydrogens (tertiary/aromatic N) is 1. The molecule has 2 rings (SSSR count). The Morgan fingerprint density at radius 2 is 2.44 bits per heavy atom. The van der Waals surface area contributed by atoms with E-state index in [-0.39, 0.29) is 12.4 Å². The van der Waals surface area contributed by atoms with Crippen LogP contribution in [0.1, 0.15) is 18.4 Å². The summed E-state index contributed by atoms with van der Waals surface area (Å²) in [6, 6.07) is 2.41. The average Bonchev–Trinajstić information content (AvgIpc) is 2.73. The molecule has 1 atom stereocenters. The first-order chi connectivity index (χ1) is 7.25. The molecule has 0 saturated carbocycles. The molecule has 5 heteroatoms. The number of aromatic nitrogens is 1. The fourth-order valence-electron chi connectivity index (χ4n) is 1.71. The van der Waals surface area contributed by atoms with Gasteiger partial charge in [0.15, 0.2) is 0 Å². The zero-order valence-corrected chi connectivity index (χ0v) is 10.8. The van der Waals surface area contributed by atoms with Crippen molar-refractivity contribution in [1.29, 1.82) is 0 Å². The summed E-state index contributed by atoms with van der Waals surface area (Å²) in [6.45, 7) is 3.74. The van der Waals surface area contributed by atoms with Crippen molar-refractivity contribution in [2.24, 2.45) is 0 Å². The second kappa shape index (κ2) is 6.28. The van der Waals surface area contributed by atoms with Crippen molar-refractivity contribution in [3.8, 4) is 5.75 Å². The Morgan fingerprint density at radius 3 is 3.06 bits per heavy atom. The van der Waals surface area contributed by atoms with Gasteiger partial charge >= 0.3 is 0 Å². The van der Waals surface area contributed by atoms with Crippen LogP contribution in [0.15, 0.2) is 12.3 Å². The number of pyridine rings is 1. The predicted molar refractivity (Wildman–Crippen MR) is 67.8 cm³/mol. The zero-order valence-electron chi connectivity index (χ0n) is 9.20. The lowest BCUT2D eigenvalue weighted by Crippen LogP contribution is -2.28. The van der Waals surface area contributed by atoms with Crippen molar-refractivity contribution in [2.45, 2.75) is 25.8 Å². The van der Waals surface area contributed by atoms with Gasteiger partial charge in [-0.25, -0.2) is 4.98 Å². The van der Waals surface area contributed by atoms with Gasteiger partial charge in [-0.2, -0.15) is 0 Å². The van der Waals surface area contributed by atoms with E-state index >= 15 is 0 Å². The summed E-state index contributed by atoms with van der Waals surface area (Å²) in [5, 5.41) is 3.92. The summed E-state index contributed by atoms with van der Waals surface area (Å²) in [5.41, 5.74) is 0.952. The molecule has 0 aliphatic carbocycles. The fourth-order valence-corrected chi connectivity index (χ4v) is 1.81. The van der Waals surface area contributed by atoms with Gasteiger partial charge in [-0.05, 0) is 37.9 Å². The van der Waals surface area contributed by atoms with E-state index in [0.717, 1.165) is 17.9 Å². The first-order valence-electron chi connectivity index (χ1n) is 5.24. The third-order valence-corrected chi connectivity index (χ3v) is 3.00. The summed E-state index contributed by atoms with van der Waals surface area (Å²) < 4.78 is 5.64. The molecule has 16 heavy (non-hydrogen) atoms. The van der Waals surface area contributed by atoms with Crippen LogP contribution >= 0.6 is 24.0 Å². The molecule has 0 amide bonds. The summed E-state index contributed by atoms with van der Waals surface area (Å²) in [6.07, 6.45) is 4.11. The molecule has 0 spiro atoms. The van der Waals surface area contributed by atoms with E-state index in [1.807, 2.05) is 13.0 Å². The zero-order chi connectivity index (χ0) is 10.7. The lowest BCUT2D eigenvalue weighted by atomic mass is 10.2. The molecule has 0 bridgehead atoms. The van der Waals surface area contributed by atoms with Crippen LogP contribution in [-0.2, 0) is 0 Å². The molecule has 90 valence electrons. The monoisotopic (exact) mass is 262 g/mol. The van der Waals surface area contributed by atoms with Gasteiger partial charge in [0.25, 0.3) is 0 Å². The lowest BCUT2D eigenvalue weighted by molar-refractivity contribution is 0.276. The topological polar surface area (TPSA) is 34.1 Å². The normalized spacial score (nSPS) is 19.2. The summed E-state index contributed by atoms with van der Waals surface area (Å²) in [4.78, 5) is 4.04. The van der Waals surface area contributed by atoms with E-state index in [2.05, 4.69) is 10.3 Å². The molecule has 1 saturated heterocycles. The second-order valence-corrected chi connectivity index (χ2v) is 4.24. The highest BCUT2D eigenvalue weighted by Gasteiger charge is 2.14. The lowest BCUT2D eigenvalue weighted by Gasteiger charge is -2.12. The number of halogens is 2.